The van der Waals surface area contributed by atoms with Crippen LogP contribution in [0, 0.1) is 0 Å². The third kappa shape index (κ3) is 3.17. The molecule has 5 nitrogen and oxygen atoms in total. The Labute approximate surface area is 147 Å². The number of hydrogen-bond acceptors (Lipinski definition) is 5. The number of ether oxygens (including phenoxy) is 3. The van der Waals surface area contributed by atoms with E-state index in [9.17, 15) is 5.11 Å². The topological polar surface area (TPSA) is 51.2 Å². The number of hydrogen-bond donors (Lipinski definition) is 1. The van der Waals surface area contributed by atoms with Crippen molar-refractivity contribution in [1.82, 2.24) is 4.90 Å². The zero-order chi connectivity index (χ0) is 17.3. The minimum Gasteiger partial charge on any atom is -0.496 e. The molecule has 1 unspecified atom stereocenters. The van der Waals surface area contributed by atoms with Gasteiger partial charge in [-0.1, -0.05) is 30.3 Å². The van der Waals surface area contributed by atoms with Gasteiger partial charge in [-0.05, 0) is 18.1 Å². The highest BCUT2D eigenvalue weighted by Gasteiger charge is 2.37. The molecule has 0 saturated carbocycles. The van der Waals surface area contributed by atoms with Gasteiger partial charge in [0, 0.05) is 31.3 Å². The smallest absolute Gasteiger partial charge is 0.165 e. The Hall–Kier alpha value is -2.24. The van der Waals surface area contributed by atoms with Crippen LogP contribution in [0.2, 0.25) is 0 Å². The van der Waals surface area contributed by atoms with E-state index in [4.69, 9.17) is 14.2 Å². The predicted molar refractivity (Wildman–Crippen MR) is 94.2 cm³/mol. The van der Waals surface area contributed by atoms with E-state index >= 15 is 0 Å². The quantitative estimate of drug-likeness (QED) is 0.926. The highest BCUT2D eigenvalue weighted by atomic mass is 16.6. The van der Waals surface area contributed by atoms with Crippen LogP contribution in [0.4, 0.5) is 0 Å². The number of likely N-dealkylation sites (tertiary alicyclic amines) is 1. The van der Waals surface area contributed by atoms with E-state index in [1.165, 1.54) is 0 Å². The van der Waals surface area contributed by atoms with E-state index in [0.29, 0.717) is 26.3 Å². The van der Waals surface area contributed by atoms with Gasteiger partial charge in [-0.2, -0.15) is 0 Å². The molecule has 0 radical (unpaired) electrons. The maximum atomic E-state index is 11.0. The molecule has 2 aromatic carbocycles. The van der Waals surface area contributed by atoms with Gasteiger partial charge in [0.1, 0.15) is 24.6 Å². The van der Waals surface area contributed by atoms with Gasteiger partial charge in [0.15, 0.2) is 11.5 Å². The first-order valence-corrected chi connectivity index (χ1v) is 8.65. The molecule has 0 bridgehead atoms. The van der Waals surface area contributed by atoms with E-state index in [1.807, 2.05) is 42.5 Å². The number of nitrogens with zero attached hydrogens (tertiary/aromatic N) is 1. The van der Waals surface area contributed by atoms with Crippen LogP contribution in [0.5, 0.6) is 17.2 Å². The lowest BCUT2D eigenvalue weighted by Gasteiger charge is -2.25. The zero-order valence-electron chi connectivity index (χ0n) is 14.4. The molecule has 0 amide bonds. The Morgan fingerprint density at radius 2 is 1.84 bits per heavy atom. The number of benzene rings is 2. The Kier molecular flexibility index (Phi) is 4.27. The summed E-state index contributed by atoms with van der Waals surface area (Å²) < 4.78 is 16.8. The van der Waals surface area contributed by atoms with Gasteiger partial charge in [-0.3, -0.25) is 4.90 Å². The van der Waals surface area contributed by atoms with Gasteiger partial charge >= 0.3 is 0 Å². The number of methoxy groups -OCH3 is 1. The third-order valence-corrected chi connectivity index (χ3v) is 4.98. The van der Waals surface area contributed by atoms with Crippen molar-refractivity contribution in [2.45, 2.75) is 18.6 Å². The van der Waals surface area contributed by atoms with Gasteiger partial charge < -0.3 is 19.3 Å². The van der Waals surface area contributed by atoms with Crippen LogP contribution in [0.3, 0.4) is 0 Å². The minimum absolute atomic E-state index is 0.561. The number of β-amino-alcohol motifs (C(OH)–C–C–N with tert-alkyl or cyclic N) is 1. The summed E-state index contributed by atoms with van der Waals surface area (Å²) in [6.07, 6.45) is 0.726. The maximum absolute atomic E-state index is 11.0. The number of fused-ring (bicyclic) bond motifs is 1. The molecule has 0 aromatic heterocycles. The summed E-state index contributed by atoms with van der Waals surface area (Å²) in [5, 5.41) is 11.0. The molecule has 1 fully saturated rings. The van der Waals surface area contributed by atoms with Crippen LogP contribution in [0.25, 0.3) is 0 Å². The van der Waals surface area contributed by atoms with Crippen LogP contribution in [-0.4, -0.2) is 43.4 Å². The summed E-state index contributed by atoms with van der Waals surface area (Å²) in [6.45, 7) is 3.27. The van der Waals surface area contributed by atoms with Crippen LogP contribution in [-0.2, 0) is 12.1 Å². The second-order valence-electron chi connectivity index (χ2n) is 6.67. The molecule has 5 heteroatoms. The Bertz CT molecular complexity index is 749. The molecule has 0 aliphatic carbocycles. The van der Waals surface area contributed by atoms with Crippen LogP contribution in [0.1, 0.15) is 17.5 Å². The van der Waals surface area contributed by atoms with E-state index in [0.717, 1.165) is 41.3 Å². The Balaban J connectivity index is 1.53. The fourth-order valence-electron chi connectivity index (χ4n) is 3.66. The molecule has 2 aliphatic heterocycles. The molecule has 4 rings (SSSR count). The van der Waals surface area contributed by atoms with Crippen molar-refractivity contribution in [1.29, 1.82) is 0 Å². The van der Waals surface area contributed by atoms with Crippen molar-refractivity contribution >= 4 is 0 Å². The molecule has 1 saturated heterocycles. The maximum Gasteiger partial charge on any atom is 0.165 e. The van der Waals surface area contributed by atoms with Crippen molar-refractivity contribution in [3.63, 3.8) is 0 Å². The molecule has 132 valence electrons. The molecule has 0 spiro atoms. The monoisotopic (exact) mass is 341 g/mol. The van der Waals surface area contributed by atoms with Gasteiger partial charge in [0.05, 0.1) is 7.11 Å². The highest BCUT2D eigenvalue weighted by Crippen LogP contribution is 2.39. The lowest BCUT2D eigenvalue weighted by Crippen LogP contribution is -2.30. The lowest BCUT2D eigenvalue weighted by atomic mass is 9.93. The van der Waals surface area contributed by atoms with E-state index in [1.54, 1.807) is 7.11 Å². The largest absolute Gasteiger partial charge is 0.496 e. The summed E-state index contributed by atoms with van der Waals surface area (Å²) in [5.74, 6) is 2.29. The van der Waals surface area contributed by atoms with Crippen molar-refractivity contribution < 1.29 is 19.3 Å². The van der Waals surface area contributed by atoms with E-state index < -0.39 is 5.60 Å². The molecule has 1 atom stereocenters. The summed E-state index contributed by atoms with van der Waals surface area (Å²) in [5.41, 5.74) is 1.23. The minimum atomic E-state index is -0.789. The molecule has 2 aromatic rings. The Morgan fingerprint density at radius 3 is 2.56 bits per heavy atom. The normalized spacial score (nSPS) is 22.8. The first-order valence-electron chi connectivity index (χ1n) is 8.65. The average Bonchev–Trinajstić information content (AvgIpc) is 3.04. The predicted octanol–water partition coefficient (Wildman–Crippen LogP) is 2.56. The van der Waals surface area contributed by atoms with Crippen molar-refractivity contribution in [2.24, 2.45) is 0 Å². The summed E-state index contributed by atoms with van der Waals surface area (Å²) in [7, 11) is 1.67. The van der Waals surface area contributed by atoms with Gasteiger partial charge in [-0.15, -0.1) is 0 Å². The van der Waals surface area contributed by atoms with Crippen LogP contribution in [0.15, 0.2) is 42.5 Å². The second kappa shape index (κ2) is 6.58. The molecule has 2 aliphatic rings. The zero-order valence-corrected chi connectivity index (χ0v) is 14.4. The van der Waals surface area contributed by atoms with E-state index in [-0.39, 0.29) is 0 Å². The van der Waals surface area contributed by atoms with Crippen molar-refractivity contribution in [3.05, 3.63) is 53.6 Å². The SMILES string of the molecule is COc1cc2c(cc1CN1CCC(O)(c3ccccc3)C1)OCCO2. The van der Waals surface area contributed by atoms with Gasteiger partial charge in [-0.25, -0.2) is 0 Å². The molecule has 2 heterocycles. The van der Waals surface area contributed by atoms with Crippen molar-refractivity contribution in [2.75, 3.05) is 33.4 Å². The van der Waals surface area contributed by atoms with Crippen LogP contribution < -0.4 is 14.2 Å². The molecule has 1 N–H and O–H groups in total. The summed E-state index contributed by atoms with van der Waals surface area (Å²) in [6, 6.07) is 13.8. The van der Waals surface area contributed by atoms with E-state index in [2.05, 4.69) is 4.90 Å². The highest BCUT2D eigenvalue weighted by molar-refractivity contribution is 5.51. The van der Waals surface area contributed by atoms with Crippen molar-refractivity contribution in [3.8, 4) is 17.2 Å². The molecular weight excluding hydrogens is 318 g/mol. The number of aliphatic hydroxyl groups is 1. The molecular formula is C20H23NO4. The molecule has 25 heavy (non-hydrogen) atoms. The fraction of sp³-hybridized carbons (Fsp3) is 0.400. The summed E-state index contributed by atoms with van der Waals surface area (Å²) >= 11 is 0. The average molecular weight is 341 g/mol. The van der Waals surface area contributed by atoms with Crippen LogP contribution >= 0.6 is 0 Å². The third-order valence-electron chi connectivity index (χ3n) is 4.98. The van der Waals surface area contributed by atoms with Gasteiger partial charge in [0.25, 0.3) is 0 Å². The number of rotatable bonds is 4. The lowest BCUT2D eigenvalue weighted by molar-refractivity contribution is 0.0452. The fourth-order valence-corrected chi connectivity index (χ4v) is 3.66. The van der Waals surface area contributed by atoms with Gasteiger partial charge in [0.2, 0.25) is 0 Å². The first kappa shape index (κ1) is 16.2. The Morgan fingerprint density at radius 1 is 1.12 bits per heavy atom. The summed E-state index contributed by atoms with van der Waals surface area (Å²) in [4.78, 5) is 2.25. The second-order valence-corrected chi connectivity index (χ2v) is 6.67. The standard InChI is InChI=1S/C20H23NO4/c1-23-17-12-19-18(24-9-10-25-19)11-15(17)13-21-8-7-20(22,14-21)16-5-3-2-4-6-16/h2-6,11-12,22H,7-10,13-14H2,1H3. The first-order chi connectivity index (χ1) is 12.2.